The van der Waals surface area contributed by atoms with Crippen molar-refractivity contribution >= 4 is 69.0 Å². The first-order chi connectivity index (χ1) is 10.5. The second kappa shape index (κ2) is 7.74. The van der Waals surface area contributed by atoms with Crippen molar-refractivity contribution in [3.8, 4) is 0 Å². The van der Waals surface area contributed by atoms with E-state index in [1.807, 2.05) is 0 Å². The van der Waals surface area contributed by atoms with Crippen LogP contribution < -0.4 is 4.90 Å². The number of amides is 1. The van der Waals surface area contributed by atoms with Gasteiger partial charge in [-0.15, -0.1) is 0 Å². The molecule has 2 rings (SSSR count). The van der Waals surface area contributed by atoms with E-state index >= 15 is 0 Å². The van der Waals surface area contributed by atoms with E-state index in [1.165, 1.54) is 11.2 Å². The highest BCUT2D eigenvalue weighted by atomic mass is 127. The number of carbonyl (C=O) groups is 1. The Morgan fingerprint density at radius 1 is 1.23 bits per heavy atom. The van der Waals surface area contributed by atoms with Crippen molar-refractivity contribution in [2.75, 3.05) is 18.1 Å². The molecule has 1 N–H and O–H groups in total. The largest absolute Gasteiger partial charge is 0.395 e. The number of aliphatic hydroxyl groups is 1. The third kappa shape index (κ3) is 3.80. The fourth-order valence-electron chi connectivity index (χ4n) is 1.76. The van der Waals surface area contributed by atoms with Crippen LogP contribution >= 0.6 is 57.4 Å². The van der Waals surface area contributed by atoms with E-state index in [2.05, 4.69) is 32.6 Å². The van der Waals surface area contributed by atoms with Crippen LogP contribution in [0.2, 0.25) is 15.3 Å². The minimum Gasteiger partial charge on any atom is -0.395 e. The summed E-state index contributed by atoms with van der Waals surface area (Å²) in [5.41, 5.74) is 0.495. The number of carbonyl (C=O) groups excluding carboxylic acids is 1. The second-order valence-corrected chi connectivity index (χ2v) is 6.39. The number of rotatable bonds is 4. The van der Waals surface area contributed by atoms with Crippen LogP contribution in [0.15, 0.2) is 24.5 Å². The molecule has 0 aliphatic rings. The van der Waals surface area contributed by atoms with E-state index in [1.54, 1.807) is 18.2 Å². The zero-order valence-electron chi connectivity index (χ0n) is 10.9. The second-order valence-electron chi connectivity index (χ2n) is 4.11. The van der Waals surface area contributed by atoms with Crippen molar-refractivity contribution < 1.29 is 9.90 Å². The molecule has 0 atom stereocenters. The van der Waals surface area contributed by atoms with Gasteiger partial charge in [0.2, 0.25) is 0 Å². The standard InChI is InChI=1S/C13H9Cl3IN3O2/c14-8-5-7(1-2-9(8)17)20(3-4-21)13(22)10-11(15)18-6-19-12(10)16/h1-2,5-6,21H,3-4H2. The fourth-order valence-corrected chi connectivity index (χ4v) is 2.74. The molecule has 1 aromatic heterocycles. The summed E-state index contributed by atoms with van der Waals surface area (Å²) in [6, 6.07) is 5.11. The summed E-state index contributed by atoms with van der Waals surface area (Å²) in [7, 11) is 0. The summed E-state index contributed by atoms with van der Waals surface area (Å²) >= 11 is 20.0. The maximum atomic E-state index is 12.7. The van der Waals surface area contributed by atoms with Gasteiger partial charge >= 0.3 is 0 Å². The van der Waals surface area contributed by atoms with Gasteiger partial charge in [0.25, 0.3) is 5.91 Å². The first-order valence-corrected chi connectivity index (χ1v) is 8.20. The highest BCUT2D eigenvalue weighted by Gasteiger charge is 2.24. The highest BCUT2D eigenvalue weighted by Crippen LogP contribution is 2.28. The molecule has 0 saturated heterocycles. The molecule has 1 heterocycles. The Morgan fingerprint density at radius 3 is 2.41 bits per heavy atom. The summed E-state index contributed by atoms with van der Waals surface area (Å²) in [6.07, 6.45) is 1.17. The molecule has 0 bridgehead atoms. The molecule has 1 aromatic carbocycles. The molecule has 0 radical (unpaired) electrons. The van der Waals surface area contributed by atoms with Crippen LogP contribution in [0.4, 0.5) is 5.69 Å². The van der Waals surface area contributed by atoms with Gasteiger partial charge in [-0.25, -0.2) is 9.97 Å². The average molecular weight is 472 g/mol. The summed E-state index contributed by atoms with van der Waals surface area (Å²) in [4.78, 5) is 21.5. The molecule has 0 spiro atoms. The lowest BCUT2D eigenvalue weighted by Gasteiger charge is -2.23. The third-order valence-corrected chi connectivity index (χ3v) is 4.90. The predicted octanol–water partition coefficient (Wildman–Crippen LogP) is 3.68. The number of hydrogen-bond acceptors (Lipinski definition) is 4. The van der Waals surface area contributed by atoms with Crippen molar-refractivity contribution in [1.29, 1.82) is 0 Å². The molecular weight excluding hydrogens is 463 g/mol. The quantitative estimate of drug-likeness (QED) is 0.545. The molecule has 2 aromatic rings. The van der Waals surface area contributed by atoms with Gasteiger partial charge in [0, 0.05) is 15.8 Å². The fraction of sp³-hybridized carbons (Fsp3) is 0.154. The molecule has 0 fully saturated rings. The Hall–Kier alpha value is -0.670. The molecule has 116 valence electrons. The first kappa shape index (κ1) is 17.7. The monoisotopic (exact) mass is 471 g/mol. The highest BCUT2D eigenvalue weighted by molar-refractivity contribution is 14.1. The summed E-state index contributed by atoms with van der Waals surface area (Å²) in [6.45, 7) is -0.185. The van der Waals surface area contributed by atoms with Crippen LogP contribution in [0.1, 0.15) is 10.4 Å². The molecule has 22 heavy (non-hydrogen) atoms. The molecule has 0 saturated carbocycles. The van der Waals surface area contributed by atoms with Crippen molar-refractivity contribution in [3.63, 3.8) is 0 Å². The van der Waals surface area contributed by atoms with Crippen LogP contribution in [-0.4, -0.2) is 34.1 Å². The molecule has 1 amide bonds. The zero-order chi connectivity index (χ0) is 16.3. The molecule has 0 unspecified atom stereocenters. The van der Waals surface area contributed by atoms with E-state index in [0.29, 0.717) is 10.7 Å². The van der Waals surface area contributed by atoms with Gasteiger partial charge in [-0.2, -0.15) is 0 Å². The number of nitrogens with zero attached hydrogens (tertiary/aromatic N) is 3. The van der Waals surface area contributed by atoms with E-state index in [0.717, 1.165) is 3.57 Å². The molecular formula is C13H9Cl3IN3O2. The normalized spacial score (nSPS) is 10.6. The minimum atomic E-state index is -0.512. The summed E-state index contributed by atoms with van der Waals surface area (Å²) < 4.78 is 0.846. The van der Waals surface area contributed by atoms with E-state index in [-0.39, 0.29) is 29.0 Å². The molecule has 0 aliphatic heterocycles. The van der Waals surface area contributed by atoms with Crippen LogP contribution in [0.5, 0.6) is 0 Å². The molecule has 9 heteroatoms. The Labute approximate surface area is 155 Å². The Bertz CT molecular complexity index is 695. The summed E-state index contributed by atoms with van der Waals surface area (Å²) in [5, 5.41) is 9.62. The van der Waals surface area contributed by atoms with Gasteiger partial charge in [0.1, 0.15) is 22.2 Å². The lowest BCUT2D eigenvalue weighted by Crippen LogP contribution is -2.34. The van der Waals surface area contributed by atoms with Crippen molar-refractivity contribution in [3.05, 3.63) is 49.0 Å². The number of aromatic nitrogens is 2. The predicted molar refractivity (Wildman–Crippen MR) is 95.0 cm³/mol. The van der Waals surface area contributed by atoms with Crippen LogP contribution in [0, 0.1) is 3.57 Å². The maximum Gasteiger partial charge on any atom is 0.264 e. The number of aliphatic hydroxyl groups excluding tert-OH is 1. The number of hydrogen-bond donors (Lipinski definition) is 1. The van der Waals surface area contributed by atoms with Crippen molar-refractivity contribution in [1.82, 2.24) is 9.97 Å². The third-order valence-electron chi connectivity index (χ3n) is 2.75. The van der Waals surface area contributed by atoms with Gasteiger partial charge in [0.05, 0.1) is 11.6 Å². The minimum absolute atomic E-state index is 0.0195. The number of anilines is 1. The van der Waals surface area contributed by atoms with Gasteiger partial charge in [-0.1, -0.05) is 34.8 Å². The van der Waals surface area contributed by atoms with E-state index in [4.69, 9.17) is 34.8 Å². The van der Waals surface area contributed by atoms with E-state index < -0.39 is 5.91 Å². The van der Waals surface area contributed by atoms with Gasteiger partial charge in [-0.05, 0) is 40.8 Å². The number of halogens is 4. The Balaban J connectivity index is 2.47. The molecule has 5 nitrogen and oxygen atoms in total. The topological polar surface area (TPSA) is 66.3 Å². The zero-order valence-corrected chi connectivity index (χ0v) is 15.4. The van der Waals surface area contributed by atoms with Crippen molar-refractivity contribution in [2.24, 2.45) is 0 Å². The van der Waals surface area contributed by atoms with Crippen LogP contribution in [-0.2, 0) is 0 Å². The first-order valence-electron chi connectivity index (χ1n) is 5.99. The lowest BCUT2D eigenvalue weighted by atomic mass is 10.2. The van der Waals surface area contributed by atoms with Gasteiger partial charge < -0.3 is 10.0 Å². The van der Waals surface area contributed by atoms with Crippen molar-refractivity contribution in [2.45, 2.75) is 0 Å². The maximum absolute atomic E-state index is 12.7. The smallest absolute Gasteiger partial charge is 0.264 e. The SMILES string of the molecule is O=C(c1c(Cl)ncnc1Cl)N(CCO)c1ccc(I)c(Cl)c1. The average Bonchev–Trinajstić information content (AvgIpc) is 2.47. The number of benzene rings is 1. The van der Waals surface area contributed by atoms with Gasteiger partial charge in [-0.3, -0.25) is 4.79 Å². The van der Waals surface area contributed by atoms with Crippen LogP contribution in [0.25, 0.3) is 0 Å². The van der Waals surface area contributed by atoms with Gasteiger partial charge in [0.15, 0.2) is 0 Å². The lowest BCUT2D eigenvalue weighted by molar-refractivity contribution is 0.0980. The summed E-state index contributed by atoms with van der Waals surface area (Å²) in [5.74, 6) is -0.512. The van der Waals surface area contributed by atoms with E-state index in [9.17, 15) is 9.90 Å². The Kier molecular flexibility index (Phi) is 6.22. The Morgan fingerprint density at radius 2 is 1.86 bits per heavy atom. The molecule has 0 aliphatic carbocycles. The van der Waals surface area contributed by atoms with Crippen LogP contribution in [0.3, 0.4) is 0 Å².